The summed E-state index contributed by atoms with van der Waals surface area (Å²) in [7, 11) is 0. The highest BCUT2D eigenvalue weighted by Gasteiger charge is 2.19. The van der Waals surface area contributed by atoms with E-state index >= 15 is 0 Å². The van der Waals surface area contributed by atoms with Crippen molar-refractivity contribution in [3.8, 4) is 0 Å². The molecule has 0 aromatic rings. The molecular weight excluding hydrogens is 901 g/mol. The molecule has 0 spiro atoms. The number of rotatable bonds is 53. The van der Waals surface area contributed by atoms with Crippen molar-refractivity contribution in [3.63, 3.8) is 0 Å². The van der Waals surface area contributed by atoms with Crippen LogP contribution in [0.1, 0.15) is 265 Å². The van der Waals surface area contributed by atoms with E-state index in [9.17, 15) is 14.4 Å². The zero-order valence-electron chi connectivity index (χ0n) is 47.4. The first-order valence-electron chi connectivity index (χ1n) is 30.0. The largest absolute Gasteiger partial charge is 0.462 e. The molecule has 0 heterocycles. The van der Waals surface area contributed by atoms with E-state index in [-0.39, 0.29) is 44.0 Å². The molecule has 6 heteroatoms. The normalized spacial score (nSPS) is 13.0. The van der Waals surface area contributed by atoms with Gasteiger partial charge in [0.15, 0.2) is 6.10 Å². The van der Waals surface area contributed by atoms with Gasteiger partial charge >= 0.3 is 17.9 Å². The minimum Gasteiger partial charge on any atom is -0.462 e. The standard InChI is InChI=1S/C67H110O6/c1-4-7-10-13-16-19-22-25-27-29-31-32-33-34-36-37-39-42-45-48-51-54-57-60-66(69)72-63-64(62-71-65(68)59-56-53-50-47-44-41-24-21-18-15-12-9-6-3)73-67(70)61-58-55-52-49-46-43-40-38-35-30-28-26-23-20-17-14-11-8-5-2/h8-9,11-12,17-18,20-21,26,28-29,31,35,38,41,43-44,46,50,53,64H,4-7,10,13-16,19,22-25,27,30,32-34,36-37,39-40,42,45,47-49,51-52,54-63H2,1-3H3/b11-8-,12-9-,20-17-,21-18-,28-26-,31-29-,38-35-,44-41-,46-43-,53-50-. The molecule has 0 saturated heterocycles. The quantitative estimate of drug-likeness (QED) is 0.0261. The smallest absolute Gasteiger partial charge is 0.306 e. The number of unbranched alkanes of at least 4 members (excludes halogenated alkanes) is 22. The number of hydrogen-bond acceptors (Lipinski definition) is 6. The first-order chi connectivity index (χ1) is 36.0. The minimum absolute atomic E-state index is 0.116. The molecular formula is C67H110O6. The van der Waals surface area contributed by atoms with Gasteiger partial charge in [-0.1, -0.05) is 251 Å². The highest BCUT2D eigenvalue weighted by Crippen LogP contribution is 2.15. The summed E-state index contributed by atoms with van der Waals surface area (Å²) in [5.41, 5.74) is 0. The summed E-state index contributed by atoms with van der Waals surface area (Å²) in [6.45, 7) is 6.32. The Morgan fingerprint density at radius 3 is 0.945 bits per heavy atom. The molecule has 0 radical (unpaired) electrons. The lowest BCUT2D eigenvalue weighted by atomic mass is 10.0. The first kappa shape index (κ1) is 68.8. The monoisotopic (exact) mass is 1010 g/mol. The maximum Gasteiger partial charge on any atom is 0.306 e. The van der Waals surface area contributed by atoms with E-state index in [0.29, 0.717) is 19.3 Å². The second-order valence-electron chi connectivity index (χ2n) is 19.5. The number of ether oxygens (including phenoxy) is 3. The molecule has 1 atom stereocenters. The molecule has 0 fully saturated rings. The van der Waals surface area contributed by atoms with Gasteiger partial charge in [0, 0.05) is 19.3 Å². The average molecular weight is 1010 g/mol. The van der Waals surface area contributed by atoms with Gasteiger partial charge in [0.2, 0.25) is 0 Å². The van der Waals surface area contributed by atoms with Crippen molar-refractivity contribution in [1.29, 1.82) is 0 Å². The van der Waals surface area contributed by atoms with Gasteiger partial charge in [-0.15, -0.1) is 0 Å². The SMILES string of the molecule is CC/C=C\C/C=C\C/C=C\C/C=C\C/C=C\CCCCCC(=O)OC(COC(=O)CC/C=C\C/C=C\C/C=C\C/C=C\CC)COC(=O)CCCCCCCCCCCCC/C=C\CCCCCCCCCC. The number of esters is 3. The molecule has 0 aliphatic heterocycles. The average Bonchev–Trinajstić information content (AvgIpc) is 3.39. The fourth-order valence-corrected chi connectivity index (χ4v) is 8.01. The number of carbonyl (C=O) groups is 3. The van der Waals surface area contributed by atoms with E-state index in [0.717, 1.165) is 96.3 Å². The van der Waals surface area contributed by atoms with Crippen LogP contribution in [-0.4, -0.2) is 37.2 Å². The van der Waals surface area contributed by atoms with Gasteiger partial charge in [-0.3, -0.25) is 14.4 Å². The van der Waals surface area contributed by atoms with Crippen molar-refractivity contribution in [2.24, 2.45) is 0 Å². The number of carbonyl (C=O) groups excluding carboxylic acids is 3. The van der Waals surface area contributed by atoms with Crippen LogP contribution < -0.4 is 0 Å². The van der Waals surface area contributed by atoms with Gasteiger partial charge < -0.3 is 14.2 Å². The fourth-order valence-electron chi connectivity index (χ4n) is 8.01. The Morgan fingerprint density at radius 2 is 0.562 bits per heavy atom. The van der Waals surface area contributed by atoms with E-state index in [1.165, 1.54) is 116 Å². The Bertz CT molecular complexity index is 1540. The third-order valence-corrected chi connectivity index (χ3v) is 12.4. The predicted octanol–water partition coefficient (Wildman–Crippen LogP) is 20.4. The molecule has 0 aliphatic carbocycles. The predicted molar refractivity (Wildman–Crippen MR) is 316 cm³/mol. The molecule has 0 N–H and O–H groups in total. The number of hydrogen-bond donors (Lipinski definition) is 0. The topological polar surface area (TPSA) is 78.9 Å². The van der Waals surface area contributed by atoms with Crippen LogP contribution in [0.5, 0.6) is 0 Å². The van der Waals surface area contributed by atoms with Crippen molar-refractivity contribution in [2.45, 2.75) is 271 Å². The maximum absolute atomic E-state index is 12.9. The van der Waals surface area contributed by atoms with Crippen molar-refractivity contribution in [1.82, 2.24) is 0 Å². The molecule has 0 bridgehead atoms. The van der Waals surface area contributed by atoms with Crippen LogP contribution in [0.2, 0.25) is 0 Å². The molecule has 73 heavy (non-hydrogen) atoms. The molecule has 0 rings (SSSR count). The summed E-state index contributed by atoms with van der Waals surface area (Å²) in [5, 5.41) is 0. The third-order valence-electron chi connectivity index (χ3n) is 12.4. The second kappa shape index (κ2) is 60.4. The first-order valence-corrected chi connectivity index (χ1v) is 30.0. The summed E-state index contributed by atoms with van der Waals surface area (Å²) in [6, 6.07) is 0. The molecule has 6 nitrogen and oxygen atoms in total. The maximum atomic E-state index is 12.9. The summed E-state index contributed by atoms with van der Waals surface area (Å²) < 4.78 is 16.8. The van der Waals surface area contributed by atoms with Crippen LogP contribution in [0.25, 0.3) is 0 Å². The molecule has 0 amide bonds. The fraction of sp³-hybridized carbons (Fsp3) is 0.657. The lowest BCUT2D eigenvalue weighted by molar-refractivity contribution is -0.166. The van der Waals surface area contributed by atoms with Crippen LogP contribution >= 0.6 is 0 Å². The van der Waals surface area contributed by atoms with E-state index in [1.54, 1.807) is 0 Å². The van der Waals surface area contributed by atoms with Crippen LogP contribution in [0, 0.1) is 0 Å². The van der Waals surface area contributed by atoms with E-state index < -0.39 is 6.10 Å². The Balaban J connectivity index is 4.44. The number of allylic oxidation sites excluding steroid dienone is 20. The summed E-state index contributed by atoms with van der Waals surface area (Å²) >= 11 is 0. The summed E-state index contributed by atoms with van der Waals surface area (Å²) in [4.78, 5) is 38.2. The molecule has 0 aromatic carbocycles. The minimum atomic E-state index is -0.828. The van der Waals surface area contributed by atoms with Crippen molar-refractivity contribution in [3.05, 3.63) is 122 Å². The van der Waals surface area contributed by atoms with Crippen LogP contribution in [0.4, 0.5) is 0 Å². The molecule has 414 valence electrons. The van der Waals surface area contributed by atoms with Crippen LogP contribution in [-0.2, 0) is 28.6 Å². The van der Waals surface area contributed by atoms with Crippen molar-refractivity contribution < 1.29 is 28.6 Å². The Morgan fingerprint density at radius 1 is 0.288 bits per heavy atom. The zero-order chi connectivity index (χ0) is 52.9. The lowest BCUT2D eigenvalue weighted by Crippen LogP contribution is -2.30. The van der Waals surface area contributed by atoms with Gasteiger partial charge in [0.1, 0.15) is 13.2 Å². The zero-order valence-corrected chi connectivity index (χ0v) is 47.4. The molecule has 0 saturated carbocycles. The highest BCUT2D eigenvalue weighted by molar-refractivity contribution is 5.71. The van der Waals surface area contributed by atoms with Gasteiger partial charge in [0.25, 0.3) is 0 Å². The second-order valence-corrected chi connectivity index (χ2v) is 19.5. The van der Waals surface area contributed by atoms with Crippen molar-refractivity contribution >= 4 is 17.9 Å². The molecule has 0 aliphatic rings. The highest BCUT2D eigenvalue weighted by atomic mass is 16.6. The van der Waals surface area contributed by atoms with Crippen LogP contribution in [0.15, 0.2) is 122 Å². The van der Waals surface area contributed by atoms with E-state index in [2.05, 4.69) is 130 Å². The Hall–Kier alpha value is -4.19. The van der Waals surface area contributed by atoms with Gasteiger partial charge in [-0.25, -0.2) is 0 Å². The van der Waals surface area contributed by atoms with E-state index in [1.807, 2.05) is 12.2 Å². The molecule has 0 aromatic heterocycles. The lowest BCUT2D eigenvalue weighted by Gasteiger charge is -2.18. The third kappa shape index (κ3) is 58.6. The Labute approximate surface area is 450 Å². The van der Waals surface area contributed by atoms with E-state index in [4.69, 9.17) is 14.2 Å². The van der Waals surface area contributed by atoms with Gasteiger partial charge in [0.05, 0.1) is 0 Å². The van der Waals surface area contributed by atoms with Crippen LogP contribution in [0.3, 0.4) is 0 Å². The van der Waals surface area contributed by atoms with Gasteiger partial charge in [-0.2, -0.15) is 0 Å². The van der Waals surface area contributed by atoms with Gasteiger partial charge in [-0.05, 0) is 116 Å². The Kier molecular flexibility index (Phi) is 56.9. The molecule has 1 unspecified atom stereocenters. The van der Waals surface area contributed by atoms with Crippen molar-refractivity contribution in [2.75, 3.05) is 13.2 Å². The summed E-state index contributed by atoms with van der Waals surface area (Å²) in [6.07, 6.45) is 83.6. The summed E-state index contributed by atoms with van der Waals surface area (Å²) in [5.74, 6) is -1.03.